The molecule has 0 bridgehead atoms. The van der Waals surface area contributed by atoms with Gasteiger partial charge in [-0.3, -0.25) is 19.8 Å². The number of para-hydroxylation sites is 1. The Hall–Kier alpha value is -2.80. The molecule has 1 saturated heterocycles. The third-order valence-corrected chi connectivity index (χ3v) is 6.01. The van der Waals surface area contributed by atoms with E-state index in [9.17, 15) is 9.59 Å². The molecule has 3 aromatic rings. The smallest absolute Gasteiger partial charge is 0.270 e. The average Bonchev–Trinajstić information content (AvgIpc) is 2.75. The summed E-state index contributed by atoms with van der Waals surface area (Å²) in [6.07, 6.45) is 2.16. The molecule has 1 aliphatic heterocycles. The van der Waals surface area contributed by atoms with Gasteiger partial charge in [-0.25, -0.2) is 0 Å². The van der Waals surface area contributed by atoms with Crippen molar-refractivity contribution >= 4 is 68.4 Å². The van der Waals surface area contributed by atoms with Crippen LogP contribution in [-0.2, 0) is 16.0 Å². The molecule has 3 aromatic carbocycles. The van der Waals surface area contributed by atoms with Crippen LogP contribution in [0.5, 0.6) is 0 Å². The van der Waals surface area contributed by atoms with E-state index in [2.05, 4.69) is 21.2 Å². The number of halogens is 2. The molecule has 0 spiro atoms. The quantitative estimate of drug-likeness (QED) is 0.285. The first-order valence-corrected chi connectivity index (χ1v) is 11.0. The molecule has 1 fully saturated rings. The van der Waals surface area contributed by atoms with Crippen molar-refractivity contribution in [2.75, 3.05) is 4.90 Å². The lowest BCUT2D eigenvalue weighted by molar-refractivity contribution is -0.122. The Balaban J connectivity index is 1.75. The monoisotopic (exact) mass is 510 g/mol. The van der Waals surface area contributed by atoms with Crippen molar-refractivity contribution in [3.63, 3.8) is 0 Å². The zero-order chi connectivity index (χ0) is 22.0. The minimum absolute atomic E-state index is 0.0101. The molecule has 0 aliphatic carbocycles. The van der Waals surface area contributed by atoms with Crippen LogP contribution in [0, 0.1) is 0 Å². The number of anilines is 1. The van der Waals surface area contributed by atoms with Gasteiger partial charge in [-0.15, -0.1) is 0 Å². The molecule has 0 aromatic heterocycles. The van der Waals surface area contributed by atoms with Crippen molar-refractivity contribution in [1.29, 1.82) is 0 Å². The van der Waals surface area contributed by atoms with Gasteiger partial charge in [0.1, 0.15) is 5.57 Å². The molecule has 4 nitrogen and oxygen atoms in total. The average molecular weight is 512 g/mol. The Kier molecular flexibility index (Phi) is 6.32. The molecule has 0 saturated carbocycles. The highest BCUT2D eigenvalue weighted by atomic mass is 79.9. The van der Waals surface area contributed by atoms with E-state index in [1.807, 2.05) is 48.5 Å². The van der Waals surface area contributed by atoms with Gasteiger partial charge in [0.15, 0.2) is 5.11 Å². The summed E-state index contributed by atoms with van der Waals surface area (Å²) < 4.78 is 0.835. The summed E-state index contributed by atoms with van der Waals surface area (Å²) in [7, 11) is 0. The summed E-state index contributed by atoms with van der Waals surface area (Å²) >= 11 is 15.1. The molecule has 31 heavy (non-hydrogen) atoms. The van der Waals surface area contributed by atoms with Crippen molar-refractivity contribution in [2.24, 2.45) is 0 Å². The molecule has 0 atom stereocenters. The van der Waals surface area contributed by atoms with Gasteiger partial charge < -0.3 is 0 Å². The van der Waals surface area contributed by atoms with Crippen LogP contribution < -0.4 is 10.2 Å². The first-order valence-electron chi connectivity index (χ1n) is 9.42. The second-order valence-electron chi connectivity index (χ2n) is 6.90. The predicted molar refractivity (Wildman–Crippen MR) is 131 cm³/mol. The Morgan fingerprint density at radius 3 is 2.42 bits per heavy atom. The topological polar surface area (TPSA) is 49.4 Å². The van der Waals surface area contributed by atoms with Crippen molar-refractivity contribution < 1.29 is 9.59 Å². The molecule has 1 heterocycles. The number of carbonyl (C=O) groups is 2. The summed E-state index contributed by atoms with van der Waals surface area (Å²) in [4.78, 5) is 27.2. The van der Waals surface area contributed by atoms with Gasteiger partial charge in [0.05, 0.1) is 5.69 Å². The molecule has 1 N–H and O–H groups in total. The van der Waals surface area contributed by atoms with Crippen molar-refractivity contribution in [3.05, 3.63) is 105 Å². The number of hydrogen-bond donors (Lipinski definition) is 1. The zero-order valence-corrected chi connectivity index (χ0v) is 19.3. The van der Waals surface area contributed by atoms with E-state index in [0.717, 1.165) is 21.2 Å². The molecule has 0 radical (unpaired) electrons. The van der Waals surface area contributed by atoms with Gasteiger partial charge in [0, 0.05) is 9.50 Å². The van der Waals surface area contributed by atoms with Crippen LogP contribution in [-0.4, -0.2) is 16.9 Å². The van der Waals surface area contributed by atoms with Crippen LogP contribution in [0.2, 0.25) is 5.02 Å². The highest BCUT2D eigenvalue weighted by Gasteiger charge is 2.34. The molecule has 154 valence electrons. The standard InChI is InChI=1S/C24H16BrClN2O2S/c25-18-11-10-15(12-16-6-4-5-9-21(16)26)17(13-18)14-20-22(29)27-24(31)28(23(20)30)19-7-2-1-3-8-19/h1-11,13-14H,12H2,(H,27,29,31)/b20-14-. The van der Waals surface area contributed by atoms with E-state index < -0.39 is 11.8 Å². The fourth-order valence-electron chi connectivity index (χ4n) is 3.33. The third-order valence-electron chi connectivity index (χ3n) is 4.86. The number of rotatable bonds is 4. The number of nitrogens with zero attached hydrogens (tertiary/aromatic N) is 1. The van der Waals surface area contributed by atoms with E-state index in [4.69, 9.17) is 23.8 Å². The van der Waals surface area contributed by atoms with Crippen LogP contribution in [0.25, 0.3) is 6.08 Å². The Morgan fingerprint density at radius 2 is 1.68 bits per heavy atom. The number of carbonyl (C=O) groups excluding carboxylic acids is 2. The Morgan fingerprint density at radius 1 is 0.968 bits per heavy atom. The maximum Gasteiger partial charge on any atom is 0.270 e. The van der Waals surface area contributed by atoms with Crippen LogP contribution in [0.3, 0.4) is 0 Å². The maximum absolute atomic E-state index is 13.2. The number of hydrogen-bond acceptors (Lipinski definition) is 3. The SMILES string of the molecule is O=C1NC(=S)N(c2ccccc2)C(=O)/C1=C\c1cc(Br)ccc1Cc1ccccc1Cl. The van der Waals surface area contributed by atoms with Gasteiger partial charge in [-0.05, 0) is 71.7 Å². The number of benzene rings is 3. The van der Waals surface area contributed by atoms with Gasteiger partial charge in [0.2, 0.25) is 0 Å². The first-order chi connectivity index (χ1) is 14.9. The molecule has 0 unspecified atom stereocenters. The second kappa shape index (κ2) is 9.14. The van der Waals surface area contributed by atoms with Crippen LogP contribution >= 0.6 is 39.7 Å². The number of amides is 2. The minimum atomic E-state index is -0.522. The van der Waals surface area contributed by atoms with Crippen molar-refractivity contribution in [1.82, 2.24) is 5.32 Å². The van der Waals surface area contributed by atoms with Crippen LogP contribution in [0.4, 0.5) is 5.69 Å². The highest BCUT2D eigenvalue weighted by molar-refractivity contribution is 9.10. The van der Waals surface area contributed by atoms with Gasteiger partial charge in [0.25, 0.3) is 11.8 Å². The van der Waals surface area contributed by atoms with Gasteiger partial charge >= 0.3 is 0 Å². The lowest BCUT2D eigenvalue weighted by atomic mass is 9.97. The Labute approximate surface area is 198 Å². The minimum Gasteiger partial charge on any atom is -0.298 e. The Bertz CT molecular complexity index is 1230. The van der Waals surface area contributed by atoms with Gasteiger partial charge in [-0.1, -0.05) is 70.0 Å². The predicted octanol–water partition coefficient (Wildman–Crippen LogP) is 5.52. The first kappa shape index (κ1) is 21.4. The van der Waals surface area contributed by atoms with Crippen LogP contribution in [0.15, 0.2) is 82.8 Å². The summed E-state index contributed by atoms with van der Waals surface area (Å²) in [5.74, 6) is -0.991. The molecule has 2 amide bonds. The molecule has 7 heteroatoms. The summed E-state index contributed by atoms with van der Waals surface area (Å²) in [6, 6.07) is 22.3. The zero-order valence-electron chi connectivity index (χ0n) is 16.1. The largest absolute Gasteiger partial charge is 0.298 e. The molecular weight excluding hydrogens is 496 g/mol. The lowest BCUT2D eigenvalue weighted by Crippen LogP contribution is -2.54. The number of thiocarbonyl (C=S) groups is 1. The third kappa shape index (κ3) is 4.61. The van der Waals surface area contributed by atoms with E-state index in [1.54, 1.807) is 30.3 Å². The second-order valence-corrected chi connectivity index (χ2v) is 8.61. The van der Waals surface area contributed by atoms with E-state index in [0.29, 0.717) is 17.1 Å². The van der Waals surface area contributed by atoms with E-state index >= 15 is 0 Å². The molecular formula is C24H16BrClN2O2S. The summed E-state index contributed by atoms with van der Waals surface area (Å²) in [5, 5.41) is 3.34. The fraction of sp³-hybridized carbons (Fsp3) is 0.0417. The highest BCUT2D eigenvalue weighted by Crippen LogP contribution is 2.27. The van der Waals surface area contributed by atoms with Crippen LogP contribution in [0.1, 0.15) is 16.7 Å². The van der Waals surface area contributed by atoms with Crippen molar-refractivity contribution in [2.45, 2.75) is 6.42 Å². The van der Waals surface area contributed by atoms with Gasteiger partial charge in [-0.2, -0.15) is 0 Å². The van der Waals surface area contributed by atoms with E-state index in [-0.39, 0.29) is 10.7 Å². The van der Waals surface area contributed by atoms with Crippen molar-refractivity contribution in [3.8, 4) is 0 Å². The fourth-order valence-corrected chi connectivity index (χ4v) is 4.19. The lowest BCUT2D eigenvalue weighted by Gasteiger charge is -2.29. The number of nitrogens with one attached hydrogen (secondary N) is 1. The summed E-state index contributed by atoms with van der Waals surface area (Å²) in [6.45, 7) is 0. The maximum atomic E-state index is 13.2. The molecule has 4 rings (SSSR count). The molecule has 1 aliphatic rings. The van der Waals surface area contributed by atoms with E-state index in [1.165, 1.54) is 4.90 Å². The summed E-state index contributed by atoms with van der Waals surface area (Å²) in [5.41, 5.74) is 3.24. The normalized spacial score (nSPS) is 15.4.